The lowest BCUT2D eigenvalue weighted by molar-refractivity contribution is 0.280. The minimum Gasteiger partial charge on any atom is -0.497 e. The number of hydrogen-bond donors (Lipinski definition) is 2. The molecule has 0 aromatic heterocycles. The van der Waals surface area contributed by atoms with Gasteiger partial charge in [-0.3, -0.25) is 0 Å². The predicted octanol–water partition coefficient (Wildman–Crippen LogP) is 1.89. The molecule has 0 aliphatic rings. The Morgan fingerprint density at radius 1 is 1.47 bits per heavy atom. The molecule has 1 rings (SSSR count). The van der Waals surface area contributed by atoms with Crippen LogP contribution in [0.25, 0.3) is 0 Å². The van der Waals surface area contributed by atoms with E-state index in [4.69, 9.17) is 15.6 Å². The smallest absolute Gasteiger partial charge is 0.119 e. The van der Waals surface area contributed by atoms with Crippen LogP contribution in [0.3, 0.4) is 0 Å². The van der Waals surface area contributed by atoms with Crippen molar-refractivity contribution in [2.45, 2.75) is 18.9 Å². The highest BCUT2D eigenvalue weighted by molar-refractivity contribution is 5.85. The SMILES string of the molecule is COc1cccc([C@@H](N)CCCO)c1.Cl. The molecule has 0 radical (unpaired) electrons. The molecule has 1 atom stereocenters. The summed E-state index contributed by atoms with van der Waals surface area (Å²) in [6, 6.07) is 7.71. The predicted molar refractivity (Wildman–Crippen MR) is 63.5 cm³/mol. The van der Waals surface area contributed by atoms with E-state index >= 15 is 0 Å². The molecule has 0 unspecified atom stereocenters. The van der Waals surface area contributed by atoms with Gasteiger partial charge in [0, 0.05) is 12.6 Å². The average molecular weight is 232 g/mol. The van der Waals surface area contributed by atoms with Gasteiger partial charge in [0.15, 0.2) is 0 Å². The largest absolute Gasteiger partial charge is 0.497 e. The number of aliphatic hydroxyl groups excluding tert-OH is 1. The molecule has 0 fully saturated rings. The van der Waals surface area contributed by atoms with Gasteiger partial charge in [0.2, 0.25) is 0 Å². The van der Waals surface area contributed by atoms with E-state index in [0.717, 1.165) is 24.2 Å². The molecular formula is C11H18ClNO2. The van der Waals surface area contributed by atoms with E-state index in [2.05, 4.69) is 0 Å². The zero-order valence-corrected chi connectivity index (χ0v) is 9.67. The van der Waals surface area contributed by atoms with Gasteiger partial charge in [-0.15, -0.1) is 12.4 Å². The van der Waals surface area contributed by atoms with Crippen molar-refractivity contribution in [1.82, 2.24) is 0 Å². The molecule has 0 spiro atoms. The minimum absolute atomic E-state index is 0. The van der Waals surface area contributed by atoms with Crippen molar-refractivity contribution >= 4 is 12.4 Å². The normalized spacial score (nSPS) is 11.7. The Morgan fingerprint density at radius 2 is 2.20 bits per heavy atom. The van der Waals surface area contributed by atoms with Crippen LogP contribution in [0.2, 0.25) is 0 Å². The summed E-state index contributed by atoms with van der Waals surface area (Å²) in [7, 11) is 1.64. The van der Waals surface area contributed by atoms with E-state index in [9.17, 15) is 0 Å². The Kier molecular flexibility index (Phi) is 7.13. The lowest BCUT2D eigenvalue weighted by Gasteiger charge is -2.12. The van der Waals surface area contributed by atoms with Gasteiger partial charge in [-0.25, -0.2) is 0 Å². The standard InChI is InChI=1S/C11H17NO2.ClH/c1-14-10-5-2-4-9(8-10)11(12)6-3-7-13;/h2,4-5,8,11,13H,3,6-7,12H2,1H3;1H/t11-;/m0./s1. The summed E-state index contributed by atoms with van der Waals surface area (Å²) in [4.78, 5) is 0. The Morgan fingerprint density at radius 3 is 2.80 bits per heavy atom. The number of benzene rings is 1. The van der Waals surface area contributed by atoms with Gasteiger partial charge in [-0.2, -0.15) is 0 Å². The maximum Gasteiger partial charge on any atom is 0.119 e. The van der Waals surface area contributed by atoms with Gasteiger partial charge >= 0.3 is 0 Å². The minimum atomic E-state index is -0.0164. The maximum atomic E-state index is 8.68. The summed E-state index contributed by atoms with van der Waals surface area (Å²) in [5.74, 6) is 0.821. The second kappa shape index (κ2) is 7.51. The van der Waals surface area contributed by atoms with Crippen LogP contribution in [-0.4, -0.2) is 18.8 Å². The van der Waals surface area contributed by atoms with Crippen molar-refractivity contribution in [3.8, 4) is 5.75 Å². The highest BCUT2D eigenvalue weighted by atomic mass is 35.5. The fourth-order valence-corrected chi connectivity index (χ4v) is 1.35. The van der Waals surface area contributed by atoms with Crippen molar-refractivity contribution in [2.24, 2.45) is 5.73 Å². The first kappa shape index (κ1) is 14.2. The van der Waals surface area contributed by atoms with E-state index in [0.29, 0.717) is 0 Å². The number of halogens is 1. The van der Waals surface area contributed by atoms with Gasteiger partial charge in [0.25, 0.3) is 0 Å². The van der Waals surface area contributed by atoms with Gasteiger partial charge in [-0.1, -0.05) is 12.1 Å². The molecule has 0 bridgehead atoms. The van der Waals surface area contributed by atoms with Gasteiger partial charge < -0.3 is 15.6 Å². The number of ether oxygens (including phenoxy) is 1. The molecule has 4 heteroatoms. The van der Waals surface area contributed by atoms with Crippen molar-refractivity contribution in [3.63, 3.8) is 0 Å². The number of hydrogen-bond acceptors (Lipinski definition) is 3. The molecule has 0 aliphatic heterocycles. The summed E-state index contributed by atoms with van der Waals surface area (Å²) in [5.41, 5.74) is 6.99. The van der Waals surface area contributed by atoms with Crippen LogP contribution in [0.5, 0.6) is 5.75 Å². The first-order valence-electron chi connectivity index (χ1n) is 4.78. The van der Waals surface area contributed by atoms with Crippen LogP contribution in [-0.2, 0) is 0 Å². The molecular weight excluding hydrogens is 214 g/mol. The number of methoxy groups -OCH3 is 1. The van der Waals surface area contributed by atoms with E-state index < -0.39 is 0 Å². The Labute approximate surface area is 96.7 Å². The molecule has 0 aliphatic carbocycles. The fourth-order valence-electron chi connectivity index (χ4n) is 1.35. The zero-order valence-electron chi connectivity index (χ0n) is 8.85. The summed E-state index contributed by atoms with van der Waals surface area (Å²) in [6.45, 7) is 0.192. The molecule has 1 aromatic carbocycles. The molecule has 1 aromatic rings. The van der Waals surface area contributed by atoms with Crippen LogP contribution in [0.4, 0.5) is 0 Å². The summed E-state index contributed by atoms with van der Waals surface area (Å²) in [6.07, 6.45) is 1.53. The summed E-state index contributed by atoms with van der Waals surface area (Å²) >= 11 is 0. The third-order valence-electron chi connectivity index (χ3n) is 2.20. The molecule has 0 saturated heterocycles. The quantitative estimate of drug-likeness (QED) is 0.814. The van der Waals surface area contributed by atoms with Gasteiger partial charge in [0.1, 0.15) is 5.75 Å². The number of rotatable bonds is 5. The molecule has 0 heterocycles. The van der Waals surface area contributed by atoms with E-state index in [1.165, 1.54) is 0 Å². The van der Waals surface area contributed by atoms with Crippen LogP contribution in [0, 0.1) is 0 Å². The Bertz CT molecular complexity index is 281. The van der Waals surface area contributed by atoms with E-state index in [1.54, 1.807) is 7.11 Å². The van der Waals surface area contributed by atoms with Gasteiger partial charge in [0.05, 0.1) is 7.11 Å². The molecule has 0 saturated carbocycles. The van der Waals surface area contributed by atoms with Crippen LogP contribution in [0.1, 0.15) is 24.4 Å². The van der Waals surface area contributed by atoms with Crippen molar-refractivity contribution < 1.29 is 9.84 Å². The second-order valence-corrected chi connectivity index (χ2v) is 3.25. The maximum absolute atomic E-state index is 8.68. The first-order chi connectivity index (χ1) is 6.77. The highest BCUT2D eigenvalue weighted by Crippen LogP contribution is 2.20. The average Bonchev–Trinajstić information content (AvgIpc) is 2.26. The molecule has 3 nitrogen and oxygen atoms in total. The number of nitrogens with two attached hydrogens (primary N) is 1. The molecule has 15 heavy (non-hydrogen) atoms. The molecule has 86 valence electrons. The van der Waals surface area contributed by atoms with Crippen LogP contribution < -0.4 is 10.5 Å². The third-order valence-corrected chi connectivity index (χ3v) is 2.20. The Balaban J connectivity index is 0.00000196. The van der Waals surface area contributed by atoms with Crippen molar-refractivity contribution in [1.29, 1.82) is 0 Å². The van der Waals surface area contributed by atoms with Crippen molar-refractivity contribution in [2.75, 3.05) is 13.7 Å². The van der Waals surface area contributed by atoms with Crippen LogP contribution >= 0.6 is 12.4 Å². The molecule has 3 N–H and O–H groups in total. The lowest BCUT2D eigenvalue weighted by atomic mass is 10.0. The van der Waals surface area contributed by atoms with Crippen LogP contribution in [0.15, 0.2) is 24.3 Å². The monoisotopic (exact) mass is 231 g/mol. The van der Waals surface area contributed by atoms with Crippen molar-refractivity contribution in [3.05, 3.63) is 29.8 Å². The van der Waals surface area contributed by atoms with E-state index in [1.807, 2.05) is 24.3 Å². The lowest BCUT2D eigenvalue weighted by Crippen LogP contribution is -2.10. The molecule has 0 amide bonds. The Hall–Kier alpha value is -0.770. The number of aliphatic hydroxyl groups is 1. The van der Waals surface area contributed by atoms with E-state index in [-0.39, 0.29) is 25.1 Å². The summed E-state index contributed by atoms with van der Waals surface area (Å²) in [5, 5.41) is 8.68. The summed E-state index contributed by atoms with van der Waals surface area (Å²) < 4.78 is 5.10. The first-order valence-corrected chi connectivity index (χ1v) is 4.78. The fraction of sp³-hybridized carbons (Fsp3) is 0.455. The second-order valence-electron chi connectivity index (χ2n) is 3.25. The zero-order chi connectivity index (χ0) is 10.4. The van der Waals surface area contributed by atoms with Gasteiger partial charge in [-0.05, 0) is 30.5 Å². The third kappa shape index (κ3) is 4.51. The topological polar surface area (TPSA) is 55.5 Å². The highest BCUT2D eigenvalue weighted by Gasteiger charge is 2.05.